The van der Waals surface area contributed by atoms with Crippen LogP contribution in [0.4, 0.5) is 8.78 Å². The molecule has 1 aromatic carbocycles. The van der Waals surface area contributed by atoms with E-state index in [0.717, 1.165) is 12.0 Å². The summed E-state index contributed by atoms with van der Waals surface area (Å²) >= 11 is 3.08. The van der Waals surface area contributed by atoms with Crippen molar-refractivity contribution in [2.24, 2.45) is 0 Å². The van der Waals surface area contributed by atoms with E-state index in [2.05, 4.69) is 27.8 Å². The maximum absolute atomic E-state index is 13.9. The molecule has 0 fully saturated rings. The monoisotopic (exact) mass is 317 g/mol. The van der Waals surface area contributed by atoms with Gasteiger partial charge in [0.25, 0.3) is 0 Å². The fourth-order valence-electron chi connectivity index (χ4n) is 1.83. The number of hydrogen-bond donors (Lipinski definition) is 1. The third-order valence-electron chi connectivity index (χ3n) is 2.59. The molecule has 0 amide bonds. The maximum Gasteiger partial charge on any atom is 0.132 e. The first-order chi connectivity index (χ1) is 8.45. The van der Waals surface area contributed by atoms with Gasteiger partial charge in [-0.2, -0.15) is 0 Å². The van der Waals surface area contributed by atoms with Crippen molar-refractivity contribution in [2.45, 2.75) is 32.7 Å². The average Bonchev–Trinajstić information content (AvgIpc) is 2.23. The first-order valence-corrected chi connectivity index (χ1v) is 6.77. The average molecular weight is 318 g/mol. The Morgan fingerprint density at radius 3 is 2.39 bits per heavy atom. The van der Waals surface area contributed by atoms with Gasteiger partial charge in [0, 0.05) is 16.1 Å². The van der Waals surface area contributed by atoms with E-state index in [0.29, 0.717) is 17.4 Å². The topological polar surface area (TPSA) is 12.0 Å². The Bertz CT molecular complexity index is 409. The maximum atomic E-state index is 13.9. The third kappa shape index (κ3) is 4.18. The number of rotatable bonds is 6. The van der Waals surface area contributed by atoms with Crippen LogP contribution in [0.2, 0.25) is 0 Å². The Morgan fingerprint density at radius 2 is 1.94 bits per heavy atom. The van der Waals surface area contributed by atoms with Crippen molar-refractivity contribution in [3.63, 3.8) is 0 Å². The van der Waals surface area contributed by atoms with E-state index in [-0.39, 0.29) is 11.6 Å². The second kappa shape index (κ2) is 7.00. The van der Waals surface area contributed by atoms with E-state index in [4.69, 9.17) is 0 Å². The summed E-state index contributed by atoms with van der Waals surface area (Å²) in [7, 11) is 0. The van der Waals surface area contributed by atoms with Crippen LogP contribution < -0.4 is 5.32 Å². The normalized spacial score (nSPS) is 12.5. The largest absolute Gasteiger partial charge is 0.309 e. The molecule has 0 spiro atoms. The number of benzene rings is 1. The van der Waals surface area contributed by atoms with Crippen molar-refractivity contribution in [1.29, 1.82) is 0 Å². The summed E-state index contributed by atoms with van der Waals surface area (Å²) < 4.78 is 28.2. The van der Waals surface area contributed by atoms with Gasteiger partial charge in [-0.05, 0) is 38.4 Å². The lowest BCUT2D eigenvalue weighted by atomic mass is 9.99. The van der Waals surface area contributed by atoms with E-state index in [9.17, 15) is 8.78 Å². The summed E-state index contributed by atoms with van der Waals surface area (Å²) in [6, 6.07) is 2.21. The zero-order valence-electron chi connectivity index (χ0n) is 10.7. The standard InChI is InChI=1S/C14H18BrF2N/c1-4-5-18-13(6-9(2)3)14-11(16)7-10(15)8-12(14)17/h7-8,13,18H,2,4-6H2,1,3H3. The summed E-state index contributed by atoms with van der Waals surface area (Å²) in [5.41, 5.74) is 0.986. The van der Waals surface area contributed by atoms with Gasteiger partial charge in [0.15, 0.2) is 0 Å². The van der Waals surface area contributed by atoms with Crippen LogP contribution in [0.5, 0.6) is 0 Å². The Hall–Kier alpha value is -0.740. The summed E-state index contributed by atoms with van der Waals surface area (Å²) in [6.45, 7) is 8.40. The van der Waals surface area contributed by atoms with E-state index >= 15 is 0 Å². The predicted octanol–water partition coefficient (Wildman–Crippen LogP) is 4.73. The molecule has 0 saturated heterocycles. The van der Waals surface area contributed by atoms with Gasteiger partial charge in [-0.15, -0.1) is 6.58 Å². The second-order valence-corrected chi connectivity index (χ2v) is 5.37. The molecule has 100 valence electrons. The molecule has 0 aromatic heterocycles. The van der Waals surface area contributed by atoms with Crippen molar-refractivity contribution < 1.29 is 8.78 Å². The van der Waals surface area contributed by atoms with Gasteiger partial charge >= 0.3 is 0 Å². The van der Waals surface area contributed by atoms with Crippen LogP contribution in [-0.4, -0.2) is 6.54 Å². The van der Waals surface area contributed by atoms with Crippen LogP contribution in [0.25, 0.3) is 0 Å². The fraction of sp³-hybridized carbons (Fsp3) is 0.429. The summed E-state index contributed by atoms with van der Waals surface area (Å²) in [5.74, 6) is -1.06. The third-order valence-corrected chi connectivity index (χ3v) is 3.04. The van der Waals surface area contributed by atoms with Crippen LogP contribution in [0.3, 0.4) is 0 Å². The zero-order chi connectivity index (χ0) is 13.7. The molecule has 1 nitrogen and oxygen atoms in total. The molecule has 0 aliphatic carbocycles. The fourth-order valence-corrected chi connectivity index (χ4v) is 2.23. The van der Waals surface area contributed by atoms with E-state index in [1.54, 1.807) is 0 Å². The molecule has 1 atom stereocenters. The highest BCUT2D eigenvalue weighted by molar-refractivity contribution is 9.10. The molecule has 1 N–H and O–H groups in total. The SMILES string of the molecule is C=C(C)CC(NCCC)c1c(F)cc(Br)cc1F. The summed E-state index contributed by atoms with van der Waals surface area (Å²) in [6.07, 6.45) is 1.43. The highest BCUT2D eigenvalue weighted by atomic mass is 79.9. The van der Waals surface area contributed by atoms with Crippen LogP contribution in [0.1, 0.15) is 38.3 Å². The molecule has 0 radical (unpaired) electrons. The molecular weight excluding hydrogens is 300 g/mol. The molecule has 0 saturated carbocycles. The minimum absolute atomic E-state index is 0.0923. The molecule has 1 rings (SSSR count). The van der Waals surface area contributed by atoms with Gasteiger partial charge in [0.1, 0.15) is 11.6 Å². The van der Waals surface area contributed by atoms with Crippen molar-refractivity contribution in [3.05, 3.63) is 46.0 Å². The lowest BCUT2D eigenvalue weighted by molar-refractivity contribution is 0.463. The van der Waals surface area contributed by atoms with E-state index in [1.807, 2.05) is 13.8 Å². The molecule has 0 aliphatic rings. The quantitative estimate of drug-likeness (QED) is 0.748. The van der Waals surface area contributed by atoms with Gasteiger partial charge in [0.05, 0.1) is 0 Å². The minimum atomic E-state index is -0.531. The van der Waals surface area contributed by atoms with Crippen LogP contribution in [0, 0.1) is 11.6 Å². The zero-order valence-corrected chi connectivity index (χ0v) is 12.3. The van der Waals surface area contributed by atoms with Gasteiger partial charge in [-0.3, -0.25) is 0 Å². The van der Waals surface area contributed by atoms with Gasteiger partial charge in [0.2, 0.25) is 0 Å². The van der Waals surface area contributed by atoms with Crippen molar-refractivity contribution in [3.8, 4) is 0 Å². The molecule has 1 aromatic rings. The summed E-state index contributed by atoms with van der Waals surface area (Å²) in [5, 5.41) is 3.16. The van der Waals surface area contributed by atoms with Crippen LogP contribution in [-0.2, 0) is 0 Å². The lowest BCUT2D eigenvalue weighted by Crippen LogP contribution is -2.24. The second-order valence-electron chi connectivity index (χ2n) is 4.45. The number of hydrogen-bond acceptors (Lipinski definition) is 1. The van der Waals surface area contributed by atoms with Gasteiger partial charge in [-0.25, -0.2) is 8.78 Å². The van der Waals surface area contributed by atoms with Crippen molar-refractivity contribution in [1.82, 2.24) is 5.32 Å². The Labute approximate surface area is 115 Å². The Balaban J connectivity index is 3.07. The van der Waals surface area contributed by atoms with Gasteiger partial charge in [-0.1, -0.05) is 28.4 Å². The van der Waals surface area contributed by atoms with Crippen LogP contribution >= 0.6 is 15.9 Å². The molecule has 18 heavy (non-hydrogen) atoms. The van der Waals surface area contributed by atoms with Gasteiger partial charge < -0.3 is 5.32 Å². The minimum Gasteiger partial charge on any atom is -0.309 e. The van der Waals surface area contributed by atoms with E-state index in [1.165, 1.54) is 12.1 Å². The van der Waals surface area contributed by atoms with Crippen LogP contribution in [0.15, 0.2) is 28.8 Å². The highest BCUT2D eigenvalue weighted by Gasteiger charge is 2.20. The van der Waals surface area contributed by atoms with E-state index < -0.39 is 11.6 Å². The van der Waals surface area contributed by atoms with Crippen molar-refractivity contribution >= 4 is 15.9 Å². The molecule has 0 heterocycles. The highest BCUT2D eigenvalue weighted by Crippen LogP contribution is 2.28. The Morgan fingerprint density at radius 1 is 1.39 bits per heavy atom. The molecular formula is C14H18BrF2N. The number of nitrogens with one attached hydrogen (secondary N) is 1. The Kier molecular flexibility index (Phi) is 5.96. The molecule has 4 heteroatoms. The molecule has 1 unspecified atom stereocenters. The molecule has 0 aliphatic heterocycles. The summed E-state index contributed by atoms with van der Waals surface area (Å²) in [4.78, 5) is 0. The first kappa shape index (κ1) is 15.3. The smallest absolute Gasteiger partial charge is 0.132 e. The van der Waals surface area contributed by atoms with Crippen molar-refractivity contribution in [2.75, 3.05) is 6.54 Å². The first-order valence-electron chi connectivity index (χ1n) is 5.98. The lowest BCUT2D eigenvalue weighted by Gasteiger charge is -2.20. The predicted molar refractivity (Wildman–Crippen MR) is 74.5 cm³/mol. The molecule has 0 bridgehead atoms. The number of halogens is 3.